The minimum Gasteiger partial charge on any atom is -0.475 e. The highest BCUT2D eigenvalue weighted by Gasteiger charge is 2.51. The van der Waals surface area contributed by atoms with E-state index in [1.165, 1.54) is 0 Å². The van der Waals surface area contributed by atoms with Gasteiger partial charge in [0, 0.05) is 6.54 Å². The Morgan fingerprint density at radius 1 is 1.08 bits per heavy atom. The van der Waals surface area contributed by atoms with Crippen LogP contribution in [0.1, 0.15) is 27.7 Å². The van der Waals surface area contributed by atoms with Gasteiger partial charge in [-0.25, -0.2) is 9.97 Å². The van der Waals surface area contributed by atoms with Gasteiger partial charge in [-0.2, -0.15) is 0 Å². The molecule has 0 amide bonds. The fourth-order valence-electron chi connectivity index (χ4n) is 2.54. The Kier molecular flexibility index (Phi) is 4.75. The summed E-state index contributed by atoms with van der Waals surface area (Å²) in [6.07, 6.45) is 1.66. The first-order valence-corrected chi connectivity index (χ1v) is 8.58. The van der Waals surface area contributed by atoms with Crippen molar-refractivity contribution in [3.63, 3.8) is 0 Å². The van der Waals surface area contributed by atoms with Gasteiger partial charge in [-0.05, 0) is 59.4 Å². The maximum absolute atomic E-state index is 6.10. The van der Waals surface area contributed by atoms with Gasteiger partial charge in [0.25, 0.3) is 0 Å². The topological polar surface area (TPSA) is 56.7 Å². The fraction of sp³-hybridized carbons (Fsp3) is 0.556. The minimum atomic E-state index is -0.396. The average molecular weight is 343 g/mol. The van der Waals surface area contributed by atoms with Gasteiger partial charge in [0.2, 0.25) is 5.88 Å². The lowest BCUT2D eigenvalue weighted by Gasteiger charge is -2.32. The number of hydrogen-bond donors (Lipinski definition) is 0. The molecule has 0 saturated carbocycles. The summed E-state index contributed by atoms with van der Waals surface area (Å²) in [5.41, 5.74) is 1.82. The van der Waals surface area contributed by atoms with Crippen LogP contribution in [0.15, 0.2) is 24.4 Å². The predicted molar refractivity (Wildman–Crippen MR) is 99.3 cm³/mol. The zero-order chi connectivity index (χ0) is 18.2. The van der Waals surface area contributed by atoms with Gasteiger partial charge in [-0.1, -0.05) is 6.07 Å². The van der Waals surface area contributed by atoms with E-state index in [0.717, 1.165) is 23.0 Å². The van der Waals surface area contributed by atoms with Crippen LogP contribution < -0.4 is 10.2 Å². The Labute approximate surface area is 149 Å². The van der Waals surface area contributed by atoms with Crippen LogP contribution in [-0.4, -0.2) is 60.4 Å². The Hall–Kier alpha value is -1.70. The molecule has 0 unspecified atom stereocenters. The van der Waals surface area contributed by atoms with E-state index >= 15 is 0 Å². The first-order valence-electron chi connectivity index (χ1n) is 8.58. The van der Waals surface area contributed by atoms with E-state index < -0.39 is 7.12 Å². The number of fused-ring (bicyclic) bond motifs is 1. The predicted octanol–water partition coefficient (Wildman–Crippen LogP) is 1.87. The highest BCUT2D eigenvalue weighted by Crippen LogP contribution is 2.36. The van der Waals surface area contributed by atoms with E-state index in [4.69, 9.17) is 14.0 Å². The molecule has 7 heteroatoms. The molecule has 134 valence electrons. The Balaban J connectivity index is 1.77. The van der Waals surface area contributed by atoms with Crippen molar-refractivity contribution >= 4 is 23.6 Å². The van der Waals surface area contributed by atoms with Gasteiger partial charge in [-0.15, -0.1) is 0 Å². The van der Waals surface area contributed by atoms with E-state index in [0.29, 0.717) is 12.5 Å². The second-order valence-corrected chi connectivity index (χ2v) is 7.70. The third kappa shape index (κ3) is 3.78. The summed E-state index contributed by atoms with van der Waals surface area (Å²) < 4.78 is 17.8. The SMILES string of the molecule is CN(C)CCOc1cnc2cc(B3OC(C)(C)C(C)(C)O3)ccc2n1. The molecule has 2 aromatic rings. The third-order valence-electron chi connectivity index (χ3n) is 4.86. The maximum atomic E-state index is 6.10. The molecule has 1 aromatic carbocycles. The Morgan fingerprint density at radius 2 is 1.76 bits per heavy atom. The highest BCUT2D eigenvalue weighted by atomic mass is 16.7. The smallest absolute Gasteiger partial charge is 0.475 e. The summed E-state index contributed by atoms with van der Waals surface area (Å²) in [5, 5.41) is 0. The second kappa shape index (κ2) is 6.55. The normalized spacial score (nSPS) is 18.9. The molecular weight excluding hydrogens is 317 g/mol. The Morgan fingerprint density at radius 3 is 2.40 bits per heavy atom. The molecule has 3 rings (SSSR count). The summed E-state index contributed by atoms with van der Waals surface area (Å²) in [6, 6.07) is 5.87. The van der Waals surface area contributed by atoms with Gasteiger partial charge in [-0.3, -0.25) is 0 Å². The third-order valence-corrected chi connectivity index (χ3v) is 4.86. The van der Waals surface area contributed by atoms with E-state index in [9.17, 15) is 0 Å². The van der Waals surface area contributed by atoms with Crippen LogP contribution in [-0.2, 0) is 9.31 Å². The van der Waals surface area contributed by atoms with Crippen LogP contribution in [0.2, 0.25) is 0 Å². The summed E-state index contributed by atoms with van der Waals surface area (Å²) in [7, 11) is 3.62. The number of hydrogen-bond acceptors (Lipinski definition) is 6. The summed E-state index contributed by atoms with van der Waals surface area (Å²) in [6.45, 7) is 9.60. The van der Waals surface area contributed by atoms with Crippen molar-refractivity contribution in [3.05, 3.63) is 24.4 Å². The van der Waals surface area contributed by atoms with Gasteiger partial charge < -0.3 is 18.9 Å². The zero-order valence-corrected chi connectivity index (χ0v) is 15.9. The molecule has 1 saturated heterocycles. The summed E-state index contributed by atoms with van der Waals surface area (Å²) in [5.74, 6) is 0.540. The zero-order valence-electron chi connectivity index (χ0n) is 15.9. The number of ether oxygens (including phenoxy) is 1. The standard InChI is InChI=1S/C18H26BN3O3/c1-17(2)18(3,4)25-19(24-17)13-7-8-14-15(11-13)20-12-16(21-14)23-10-9-22(5)6/h7-8,11-12H,9-10H2,1-6H3. The van der Waals surface area contributed by atoms with Crippen LogP contribution in [0, 0.1) is 0 Å². The molecule has 1 fully saturated rings. The largest absolute Gasteiger partial charge is 0.494 e. The van der Waals surface area contributed by atoms with Gasteiger partial charge >= 0.3 is 7.12 Å². The van der Waals surface area contributed by atoms with Crippen molar-refractivity contribution in [2.45, 2.75) is 38.9 Å². The number of nitrogens with zero attached hydrogens (tertiary/aromatic N) is 3. The van der Waals surface area contributed by atoms with Crippen molar-refractivity contribution in [2.24, 2.45) is 0 Å². The molecule has 0 bridgehead atoms. The number of aromatic nitrogens is 2. The molecule has 0 aliphatic carbocycles. The molecule has 1 aliphatic heterocycles. The molecule has 0 atom stereocenters. The lowest BCUT2D eigenvalue weighted by Crippen LogP contribution is -2.41. The number of likely N-dealkylation sites (N-methyl/N-ethyl adjacent to an activating group) is 1. The van der Waals surface area contributed by atoms with Crippen LogP contribution in [0.4, 0.5) is 0 Å². The molecule has 0 radical (unpaired) electrons. The van der Waals surface area contributed by atoms with Crippen molar-refractivity contribution in [1.29, 1.82) is 0 Å². The molecule has 0 N–H and O–H groups in total. The molecular formula is C18H26BN3O3. The van der Waals surface area contributed by atoms with Gasteiger partial charge in [0.1, 0.15) is 6.61 Å². The lowest BCUT2D eigenvalue weighted by molar-refractivity contribution is 0.00578. The van der Waals surface area contributed by atoms with Gasteiger partial charge in [0.05, 0.1) is 28.4 Å². The Bertz CT molecular complexity index is 748. The van der Waals surface area contributed by atoms with Crippen molar-refractivity contribution in [3.8, 4) is 5.88 Å². The van der Waals surface area contributed by atoms with Crippen LogP contribution >= 0.6 is 0 Å². The molecule has 2 heterocycles. The first-order chi connectivity index (χ1) is 11.7. The van der Waals surface area contributed by atoms with E-state index in [1.54, 1.807) is 6.20 Å². The lowest BCUT2D eigenvalue weighted by atomic mass is 9.79. The average Bonchev–Trinajstić information content (AvgIpc) is 2.74. The monoisotopic (exact) mass is 343 g/mol. The quantitative estimate of drug-likeness (QED) is 0.773. The maximum Gasteiger partial charge on any atom is 0.494 e. The first kappa shape index (κ1) is 18.1. The van der Waals surface area contributed by atoms with Crippen LogP contribution in [0.3, 0.4) is 0 Å². The molecule has 25 heavy (non-hydrogen) atoms. The molecule has 1 aliphatic rings. The minimum absolute atomic E-state index is 0.359. The summed E-state index contributed by atoms with van der Waals surface area (Å²) >= 11 is 0. The van der Waals surface area contributed by atoms with Crippen molar-refractivity contribution in [1.82, 2.24) is 14.9 Å². The van der Waals surface area contributed by atoms with Crippen molar-refractivity contribution < 1.29 is 14.0 Å². The number of rotatable bonds is 5. The van der Waals surface area contributed by atoms with E-state index in [2.05, 4.69) is 14.9 Å². The highest BCUT2D eigenvalue weighted by molar-refractivity contribution is 6.62. The van der Waals surface area contributed by atoms with E-state index in [1.807, 2.05) is 60.0 Å². The fourth-order valence-corrected chi connectivity index (χ4v) is 2.54. The molecule has 1 aromatic heterocycles. The van der Waals surface area contributed by atoms with Gasteiger partial charge in [0.15, 0.2) is 0 Å². The molecule has 6 nitrogen and oxygen atoms in total. The van der Waals surface area contributed by atoms with Crippen molar-refractivity contribution in [2.75, 3.05) is 27.2 Å². The van der Waals surface area contributed by atoms with Crippen LogP contribution in [0.25, 0.3) is 11.0 Å². The summed E-state index contributed by atoms with van der Waals surface area (Å²) in [4.78, 5) is 11.0. The van der Waals surface area contributed by atoms with E-state index in [-0.39, 0.29) is 11.2 Å². The van der Waals surface area contributed by atoms with Crippen LogP contribution in [0.5, 0.6) is 5.88 Å². The second-order valence-electron chi connectivity index (χ2n) is 7.70. The number of benzene rings is 1. The molecule has 0 spiro atoms.